The Morgan fingerprint density at radius 1 is 1.24 bits per heavy atom. The van der Waals surface area contributed by atoms with E-state index in [0.717, 1.165) is 62.1 Å². The minimum Gasteiger partial charge on any atom is -0.462 e. The number of nitrogens with one attached hydrogen (secondary N) is 3. The minimum atomic E-state index is -0.629. The zero-order valence-corrected chi connectivity index (χ0v) is 18.2. The Morgan fingerprint density at radius 2 is 1.97 bits per heavy atom. The first-order valence-corrected chi connectivity index (χ1v) is 11.6. The summed E-state index contributed by atoms with van der Waals surface area (Å²) in [4.78, 5) is 38.8. The van der Waals surface area contributed by atoms with Crippen LogP contribution < -0.4 is 16.0 Å². The van der Waals surface area contributed by atoms with Crippen LogP contribution in [0.25, 0.3) is 0 Å². The Morgan fingerprint density at radius 3 is 2.66 bits per heavy atom. The summed E-state index contributed by atoms with van der Waals surface area (Å²) in [5.41, 5.74) is 1.45. The standard InChI is InChI=1S/C20H28ClN3O4S/c1-2-28-19(26)16-13-5-3-4-6-15(13)29-18(16)24-20(27)23-17(14(25)11-21)12-7-9-22-10-8-12/h12,17,22H,2-11H2,1H3,(H2,23,24,27). The van der Waals surface area contributed by atoms with Crippen molar-refractivity contribution in [2.75, 3.05) is 30.9 Å². The van der Waals surface area contributed by atoms with E-state index in [1.54, 1.807) is 6.92 Å². The molecule has 160 valence electrons. The highest BCUT2D eigenvalue weighted by Crippen LogP contribution is 2.38. The molecule has 2 heterocycles. The molecule has 2 aliphatic rings. The average Bonchev–Trinajstić information content (AvgIpc) is 3.10. The molecular formula is C20H28ClN3O4S. The van der Waals surface area contributed by atoms with Gasteiger partial charge in [-0.3, -0.25) is 10.1 Å². The van der Waals surface area contributed by atoms with Crippen LogP contribution in [0.15, 0.2) is 0 Å². The zero-order valence-electron chi connectivity index (χ0n) is 16.6. The number of thiophene rings is 1. The number of ether oxygens (including phenoxy) is 1. The van der Waals surface area contributed by atoms with Gasteiger partial charge >= 0.3 is 12.0 Å². The molecule has 3 N–H and O–H groups in total. The number of carbonyl (C=O) groups excluding carboxylic acids is 3. The second-order valence-electron chi connectivity index (χ2n) is 7.40. The number of piperidine rings is 1. The molecule has 0 aromatic carbocycles. The summed E-state index contributed by atoms with van der Waals surface area (Å²) in [6.07, 6.45) is 5.40. The Labute approximate surface area is 179 Å². The van der Waals surface area contributed by atoms with Gasteiger partial charge in [0.05, 0.1) is 24.1 Å². The van der Waals surface area contributed by atoms with Crippen LogP contribution in [0.2, 0.25) is 0 Å². The SMILES string of the molecule is CCOC(=O)c1c(NC(=O)NC(C(=O)CCl)C2CCNCC2)sc2c1CCCC2. The number of amides is 2. The molecular weight excluding hydrogens is 414 g/mol. The lowest BCUT2D eigenvalue weighted by atomic mass is 9.88. The molecule has 1 aliphatic carbocycles. The number of urea groups is 1. The van der Waals surface area contributed by atoms with E-state index in [4.69, 9.17) is 16.3 Å². The summed E-state index contributed by atoms with van der Waals surface area (Å²) in [7, 11) is 0. The van der Waals surface area contributed by atoms with E-state index in [0.29, 0.717) is 10.6 Å². The predicted molar refractivity (Wildman–Crippen MR) is 114 cm³/mol. The first-order valence-electron chi connectivity index (χ1n) is 10.2. The number of anilines is 1. The van der Waals surface area contributed by atoms with Gasteiger partial charge in [0.15, 0.2) is 5.78 Å². The van der Waals surface area contributed by atoms with Crippen molar-refractivity contribution in [3.8, 4) is 0 Å². The first kappa shape index (κ1) is 22.1. The number of hydrogen-bond acceptors (Lipinski definition) is 6. The topological polar surface area (TPSA) is 96.5 Å². The number of fused-ring (bicyclic) bond motifs is 1. The van der Waals surface area contributed by atoms with Crippen molar-refractivity contribution < 1.29 is 19.1 Å². The van der Waals surface area contributed by atoms with E-state index in [9.17, 15) is 14.4 Å². The second-order valence-corrected chi connectivity index (χ2v) is 8.77. The zero-order chi connectivity index (χ0) is 20.8. The largest absolute Gasteiger partial charge is 0.462 e. The van der Waals surface area contributed by atoms with Gasteiger partial charge in [-0.15, -0.1) is 22.9 Å². The number of halogens is 1. The van der Waals surface area contributed by atoms with Gasteiger partial charge in [-0.25, -0.2) is 9.59 Å². The van der Waals surface area contributed by atoms with Crippen LogP contribution in [-0.4, -0.2) is 49.4 Å². The van der Waals surface area contributed by atoms with Crippen molar-refractivity contribution in [3.63, 3.8) is 0 Å². The maximum atomic E-state index is 12.8. The van der Waals surface area contributed by atoms with Crippen LogP contribution in [0, 0.1) is 5.92 Å². The third-order valence-corrected chi connectivity index (χ3v) is 6.97. The van der Waals surface area contributed by atoms with Gasteiger partial charge in [-0.1, -0.05) is 0 Å². The predicted octanol–water partition coefficient (Wildman–Crippen LogP) is 3.10. The molecule has 0 spiro atoms. The molecule has 7 nitrogen and oxygen atoms in total. The van der Waals surface area contributed by atoms with E-state index in [1.807, 2.05) is 0 Å². The fourth-order valence-corrected chi connectivity index (χ4v) is 5.51. The van der Waals surface area contributed by atoms with Gasteiger partial charge < -0.3 is 15.4 Å². The van der Waals surface area contributed by atoms with Crippen LogP contribution in [0.3, 0.4) is 0 Å². The summed E-state index contributed by atoms with van der Waals surface area (Å²) >= 11 is 7.21. The van der Waals surface area contributed by atoms with Crippen LogP contribution in [-0.2, 0) is 22.4 Å². The van der Waals surface area contributed by atoms with Gasteiger partial charge in [0.25, 0.3) is 0 Å². The molecule has 0 bridgehead atoms. The number of esters is 1. The van der Waals surface area contributed by atoms with Crippen LogP contribution >= 0.6 is 22.9 Å². The number of aryl methyl sites for hydroxylation is 1. The molecule has 1 aromatic heterocycles. The van der Waals surface area contributed by atoms with Crippen LogP contribution in [0.1, 0.15) is 53.4 Å². The van der Waals surface area contributed by atoms with Crippen molar-refractivity contribution in [1.82, 2.24) is 10.6 Å². The maximum absolute atomic E-state index is 12.8. The number of ketones is 1. The van der Waals surface area contributed by atoms with E-state index in [2.05, 4.69) is 16.0 Å². The molecule has 1 saturated heterocycles. The highest BCUT2D eigenvalue weighted by molar-refractivity contribution is 7.17. The van der Waals surface area contributed by atoms with Gasteiger partial charge in [0.1, 0.15) is 5.00 Å². The first-order chi connectivity index (χ1) is 14.0. The summed E-state index contributed by atoms with van der Waals surface area (Å²) in [6, 6.07) is -1.12. The summed E-state index contributed by atoms with van der Waals surface area (Å²) in [5.74, 6) is -0.691. The number of alkyl halides is 1. The Bertz CT molecular complexity index is 761. The quantitative estimate of drug-likeness (QED) is 0.446. The van der Waals surface area contributed by atoms with Crippen molar-refractivity contribution >= 4 is 45.7 Å². The number of rotatable bonds is 7. The normalized spacial score (nSPS) is 17.9. The lowest BCUT2D eigenvalue weighted by Crippen LogP contribution is -2.50. The lowest BCUT2D eigenvalue weighted by Gasteiger charge is -2.30. The smallest absolute Gasteiger partial charge is 0.341 e. The molecule has 1 aliphatic heterocycles. The van der Waals surface area contributed by atoms with Gasteiger partial charge in [0, 0.05) is 4.88 Å². The number of Topliss-reactive ketones (excluding diaryl/α,β-unsaturated/α-hetero) is 1. The van der Waals surface area contributed by atoms with Crippen molar-refractivity contribution in [2.45, 2.75) is 51.5 Å². The Kier molecular flexibility index (Phi) is 7.91. The molecule has 1 atom stereocenters. The van der Waals surface area contributed by atoms with Crippen LogP contribution in [0.4, 0.5) is 9.80 Å². The number of carbonyl (C=O) groups is 3. The third-order valence-electron chi connectivity index (χ3n) is 5.50. The molecule has 29 heavy (non-hydrogen) atoms. The van der Waals surface area contributed by atoms with E-state index < -0.39 is 18.0 Å². The number of hydrogen-bond donors (Lipinski definition) is 3. The van der Waals surface area contributed by atoms with Crippen LogP contribution in [0.5, 0.6) is 0 Å². The second kappa shape index (κ2) is 10.4. The monoisotopic (exact) mass is 441 g/mol. The Balaban J connectivity index is 1.77. The van der Waals surface area contributed by atoms with E-state index >= 15 is 0 Å². The van der Waals surface area contributed by atoms with Crippen molar-refractivity contribution in [1.29, 1.82) is 0 Å². The molecule has 1 unspecified atom stereocenters. The van der Waals surface area contributed by atoms with E-state index in [1.165, 1.54) is 11.3 Å². The summed E-state index contributed by atoms with van der Waals surface area (Å²) in [6.45, 7) is 3.66. The highest BCUT2D eigenvalue weighted by atomic mass is 35.5. The minimum absolute atomic E-state index is 0.0503. The third kappa shape index (κ3) is 5.29. The molecule has 1 fully saturated rings. The molecule has 9 heteroatoms. The maximum Gasteiger partial charge on any atom is 0.341 e. The Hall–Kier alpha value is -1.64. The lowest BCUT2D eigenvalue weighted by molar-refractivity contribution is -0.119. The fourth-order valence-electron chi connectivity index (χ4n) is 4.08. The average molecular weight is 442 g/mol. The van der Waals surface area contributed by atoms with Gasteiger partial charge in [-0.05, 0) is 70.0 Å². The molecule has 1 aromatic rings. The summed E-state index contributed by atoms with van der Waals surface area (Å²) in [5, 5.41) is 9.37. The van der Waals surface area contributed by atoms with E-state index in [-0.39, 0.29) is 24.2 Å². The summed E-state index contributed by atoms with van der Waals surface area (Å²) < 4.78 is 5.22. The van der Waals surface area contributed by atoms with Crippen molar-refractivity contribution in [2.24, 2.45) is 5.92 Å². The van der Waals surface area contributed by atoms with Gasteiger partial charge in [0.2, 0.25) is 0 Å². The van der Waals surface area contributed by atoms with Gasteiger partial charge in [-0.2, -0.15) is 0 Å². The molecule has 0 radical (unpaired) electrons. The molecule has 2 amide bonds. The molecule has 3 rings (SSSR count). The van der Waals surface area contributed by atoms with Crippen molar-refractivity contribution in [3.05, 3.63) is 16.0 Å². The molecule has 0 saturated carbocycles. The fraction of sp³-hybridized carbons (Fsp3) is 0.650. The highest BCUT2D eigenvalue weighted by Gasteiger charge is 2.32.